The van der Waals surface area contributed by atoms with Crippen molar-refractivity contribution in [2.45, 2.75) is 25.8 Å². The Labute approximate surface area is 95.9 Å². The molecule has 0 saturated carbocycles. The molecule has 0 heterocycles. The lowest BCUT2D eigenvalue weighted by Gasteiger charge is -2.11. The fourth-order valence-corrected chi connectivity index (χ4v) is 1.15. The minimum atomic E-state index is -0.375. The Kier molecular flexibility index (Phi) is 8.46. The molecule has 4 N–H and O–H groups in total. The van der Waals surface area contributed by atoms with E-state index in [0.717, 1.165) is 6.42 Å². The van der Waals surface area contributed by atoms with Crippen molar-refractivity contribution < 1.29 is 14.3 Å². The second kappa shape index (κ2) is 9.11. The zero-order chi connectivity index (χ0) is 12.4. The van der Waals surface area contributed by atoms with Crippen LogP contribution < -0.4 is 16.4 Å². The molecule has 0 fully saturated rings. The summed E-state index contributed by atoms with van der Waals surface area (Å²) in [5.41, 5.74) is 5.02. The first-order valence-electron chi connectivity index (χ1n) is 5.33. The van der Waals surface area contributed by atoms with Gasteiger partial charge in [-0.05, 0) is 13.3 Å². The van der Waals surface area contributed by atoms with Crippen molar-refractivity contribution in [2.24, 2.45) is 5.73 Å². The molecule has 0 rings (SSSR count). The normalized spacial score (nSPS) is 12.1. The van der Waals surface area contributed by atoms with Crippen LogP contribution in [-0.2, 0) is 14.3 Å². The molecule has 1 atom stereocenters. The Morgan fingerprint density at radius 1 is 1.44 bits per heavy atom. The Bertz CT molecular complexity index is 221. The maximum Gasteiger partial charge on any atom is 0.233 e. The standard InChI is InChI=1S/C10H21N3O3/c1-8(6-9(11)14)13-7-10(15)12-4-3-5-16-2/h8,13H,3-7H2,1-2H3,(H2,11,14)(H,12,15). The van der Waals surface area contributed by atoms with E-state index >= 15 is 0 Å². The third-order valence-corrected chi connectivity index (χ3v) is 1.97. The molecular weight excluding hydrogens is 210 g/mol. The predicted octanol–water partition coefficient (Wildman–Crippen LogP) is -1.01. The summed E-state index contributed by atoms with van der Waals surface area (Å²) in [7, 11) is 1.62. The van der Waals surface area contributed by atoms with Gasteiger partial charge in [-0.25, -0.2) is 0 Å². The van der Waals surface area contributed by atoms with Gasteiger partial charge in [0, 0.05) is 32.7 Å². The number of rotatable bonds is 9. The van der Waals surface area contributed by atoms with Crippen LogP contribution >= 0.6 is 0 Å². The van der Waals surface area contributed by atoms with Gasteiger partial charge in [-0.2, -0.15) is 0 Å². The molecule has 94 valence electrons. The topological polar surface area (TPSA) is 93.4 Å². The molecule has 6 heteroatoms. The van der Waals surface area contributed by atoms with E-state index in [1.807, 2.05) is 6.92 Å². The van der Waals surface area contributed by atoms with Crippen LogP contribution in [0, 0.1) is 0 Å². The highest BCUT2D eigenvalue weighted by molar-refractivity contribution is 5.78. The summed E-state index contributed by atoms with van der Waals surface area (Å²) >= 11 is 0. The van der Waals surface area contributed by atoms with Gasteiger partial charge in [-0.1, -0.05) is 0 Å². The van der Waals surface area contributed by atoms with Crippen LogP contribution in [0.15, 0.2) is 0 Å². The summed E-state index contributed by atoms with van der Waals surface area (Å²) in [6, 6.07) is -0.0813. The van der Waals surface area contributed by atoms with E-state index in [2.05, 4.69) is 10.6 Å². The van der Waals surface area contributed by atoms with Crippen LogP contribution in [0.2, 0.25) is 0 Å². The summed E-state index contributed by atoms with van der Waals surface area (Å²) in [4.78, 5) is 21.8. The molecule has 2 amide bonds. The average Bonchev–Trinajstić information content (AvgIpc) is 2.20. The Hall–Kier alpha value is -1.14. The smallest absolute Gasteiger partial charge is 0.233 e. The maximum atomic E-state index is 11.3. The van der Waals surface area contributed by atoms with Crippen LogP contribution in [0.4, 0.5) is 0 Å². The summed E-state index contributed by atoms with van der Waals surface area (Å²) in [5.74, 6) is -0.465. The first-order valence-corrected chi connectivity index (χ1v) is 5.33. The number of methoxy groups -OCH3 is 1. The number of ether oxygens (including phenoxy) is 1. The highest BCUT2D eigenvalue weighted by Gasteiger charge is 2.07. The van der Waals surface area contributed by atoms with Gasteiger partial charge in [0.1, 0.15) is 0 Å². The first kappa shape index (κ1) is 14.9. The van der Waals surface area contributed by atoms with Gasteiger partial charge in [0.05, 0.1) is 6.54 Å². The van der Waals surface area contributed by atoms with Crippen LogP contribution in [0.3, 0.4) is 0 Å². The van der Waals surface area contributed by atoms with Gasteiger partial charge in [-0.3, -0.25) is 9.59 Å². The summed E-state index contributed by atoms with van der Waals surface area (Å²) < 4.78 is 4.85. The van der Waals surface area contributed by atoms with Crippen LogP contribution in [0.5, 0.6) is 0 Å². The fraction of sp³-hybridized carbons (Fsp3) is 0.800. The zero-order valence-corrected chi connectivity index (χ0v) is 9.91. The molecule has 0 spiro atoms. The van der Waals surface area contributed by atoms with Crippen LogP contribution in [0.25, 0.3) is 0 Å². The maximum absolute atomic E-state index is 11.3. The van der Waals surface area contributed by atoms with Crippen molar-refractivity contribution in [3.63, 3.8) is 0 Å². The highest BCUT2D eigenvalue weighted by atomic mass is 16.5. The van der Waals surface area contributed by atoms with Crippen LogP contribution in [0.1, 0.15) is 19.8 Å². The van der Waals surface area contributed by atoms with Crippen molar-refractivity contribution in [2.75, 3.05) is 26.8 Å². The largest absolute Gasteiger partial charge is 0.385 e. The minimum absolute atomic E-state index is 0.0813. The lowest BCUT2D eigenvalue weighted by Crippen LogP contribution is -2.39. The fourth-order valence-electron chi connectivity index (χ4n) is 1.15. The number of amides is 2. The summed E-state index contributed by atoms with van der Waals surface area (Å²) in [6.45, 7) is 3.23. The number of hydrogen-bond acceptors (Lipinski definition) is 4. The summed E-state index contributed by atoms with van der Waals surface area (Å²) in [5, 5.41) is 5.64. The number of carbonyl (C=O) groups is 2. The third kappa shape index (κ3) is 9.42. The van der Waals surface area contributed by atoms with Crippen molar-refractivity contribution in [3.8, 4) is 0 Å². The van der Waals surface area contributed by atoms with Crippen molar-refractivity contribution in [1.82, 2.24) is 10.6 Å². The van der Waals surface area contributed by atoms with Gasteiger partial charge in [0.25, 0.3) is 0 Å². The number of nitrogens with two attached hydrogens (primary N) is 1. The van der Waals surface area contributed by atoms with Gasteiger partial charge < -0.3 is 21.1 Å². The van der Waals surface area contributed by atoms with Gasteiger partial charge in [-0.15, -0.1) is 0 Å². The van der Waals surface area contributed by atoms with Gasteiger partial charge >= 0.3 is 0 Å². The Morgan fingerprint density at radius 3 is 2.69 bits per heavy atom. The Balaban J connectivity index is 3.45. The highest BCUT2D eigenvalue weighted by Crippen LogP contribution is 1.87. The number of hydrogen-bond donors (Lipinski definition) is 3. The molecule has 0 aromatic heterocycles. The number of primary amides is 1. The molecule has 0 aliphatic rings. The van der Waals surface area contributed by atoms with E-state index in [1.54, 1.807) is 7.11 Å². The predicted molar refractivity (Wildman–Crippen MR) is 60.8 cm³/mol. The Morgan fingerprint density at radius 2 is 2.12 bits per heavy atom. The quantitative estimate of drug-likeness (QED) is 0.443. The monoisotopic (exact) mass is 231 g/mol. The van der Waals surface area contributed by atoms with Gasteiger partial charge in [0.15, 0.2) is 0 Å². The number of nitrogens with one attached hydrogen (secondary N) is 2. The van der Waals surface area contributed by atoms with Crippen molar-refractivity contribution in [3.05, 3.63) is 0 Å². The van der Waals surface area contributed by atoms with E-state index in [1.165, 1.54) is 0 Å². The molecular formula is C10H21N3O3. The zero-order valence-electron chi connectivity index (χ0n) is 9.91. The van der Waals surface area contributed by atoms with E-state index in [0.29, 0.717) is 13.2 Å². The average molecular weight is 231 g/mol. The number of carbonyl (C=O) groups excluding carboxylic acids is 2. The lowest BCUT2D eigenvalue weighted by molar-refractivity contribution is -0.121. The lowest BCUT2D eigenvalue weighted by atomic mass is 10.2. The first-order chi connectivity index (χ1) is 7.56. The molecule has 0 aromatic rings. The van der Waals surface area contributed by atoms with E-state index in [9.17, 15) is 9.59 Å². The molecule has 0 aliphatic heterocycles. The van der Waals surface area contributed by atoms with E-state index in [-0.39, 0.29) is 30.8 Å². The second-order valence-corrected chi connectivity index (χ2v) is 3.65. The van der Waals surface area contributed by atoms with Gasteiger partial charge in [0.2, 0.25) is 11.8 Å². The van der Waals surface area contributed by atoms with Crippen LogP contribution in [-0.4, -0.2) is 44.7 Å². The van der Waals surface area contributed by atoms with Crippen molar-refractivity contribution >= 4 is 11.8 Å². The van der Waals surface area contributed by atoms with Crippen molar-refractivity contribution in [1.29, 1.82) is 0 Å². The minimum Gasteiger partial charge on any atom is -0.385 e. The molecule has 1 unspecified atom stereocenters. The summed E-state index contributed by atoms with van der Waals surface area (Å²) in [6.07, 6.45) is 1.02. The molecule has 0 aliphatic carbocycles. The molecule has 0 radical (unpaired) electrons. The van der Waals surface area contributed by atoms with E-state index in [4.69, 9.17) is 10.5 Å². The second-order valence-electron chi connectivity index (χ2n) is 3.65. The molecule has 0 aromatic carbocycles. The SMILES string of the molecule is COCCCNC(=O)CNC(C)CC(N)=O. The third-order valence-electron chi connectivity index (χ3n) is 1.97. The van der Waals surface area contributed by atoms with E-state index < -0.39 is 0 Å². The molecule has 6 nitrogen and oxygen atoms in total. The molecule has 0 bridgehead atoms. The molecule has 16 heavy (non-hydrogen) atoms. The molecule has 0 saturated heterocycles.